The van der Waals surface area contributed by atoms with Gasteiger partial charge in [0.25, 0.3) is 0 Å². The molecule has 0 radical (unpaired) electrons. The maximum absolute atomic E-state index is 5.06. The molecule has 0 atom stereocenters. The molecule has 1 N–H and O–H groups in total. The average Bonchev–Trinajstić information content (AvgIpc) is 2.46. The third-order valence-corrected chi connectivity index (χ3v) is 3.32. The van der Waals surface area contributed by atoms with Gasteiger partial charge in [0.1, 0.15) is 0 Å². The number of guanidine groups is 1. The zero-order chi connectivity index (χ0) is 13.5. The van der Waals surface area contributed by atoms with Crippen LogP contribution in [0.5, 0.6) is 0 Å². The molecule has 0 bridgehead atoms. The molecule has 0 aromatic heterocycles. The van der Waals surface area contributed by atoms with Crippen molar-refractivity contribution in [1.82, 2.24) is 10.2 Å². The highest BCUT2D eigenvalue weighted by Gasteiger charge is 2.18. The number of methoxy groups -OCH3 is 1. The molecule has 5 heteroatoms. The molecule has 0 aliphatic carbocycles. The Kier molecular flexibility index (Phi) is 7.91. The topological polar surface area (TPSA) is 36.9 Å². The Labute approximate surface area is 138 Å². The van der Waals surface area contributed by atoms with Crippen LogP contribution in [0, 0.1) is 0 Å². The number of aliphatic imine (C=N–C) groups is 1. The maximum Gasteiger partial charge on any atom is 0.194 e. The minimum atomic E-state index is 0. The Morgan fingerprint density at radius 2 is 2.10 bits per heavy atom. The highest BCUT2D eigenvalue weighted by Crippen LogP contribution is 2.18. The second-order valence-electron chi connectivity index (χ2n) is 4.67. The van der Waals surface area contributed by atoms with Crippen molar-refractivity contribution >= 4 is 29.9 Å². The predicted octanol–water partition coefficient (Wildman–Crippen LogP) is 2.27. The SMILES string of the molecule is CCNC(=NCCOC)N1CCc2ccccc2C1.I. The zero-order valence-electron chi connectivity index (χ0n) is 12.3. The van der Waals surface area contributed by atoms with Crippen LogP contribution in [0.3, 0.4) is 0 Å². The number of hydrogen-bond acceptors (Lipinski definition) is 2. The third kappa shape index (κ3) is 4.63. The molecular formula is C15H24IN3O. The van der Waals surface area contributed by atoms with Crippen molar-refractivity contribution in [2.45, 2.75) is 19.9 Å². The second-order valence-corrected chi connectivity index (χ2v) is 4.67. The molecule has 112 valence electrons. The largest absolute Gasteiger partial charge is 0.383 e. The molecule has 0 spiro atoms. The maximum atomic E-state index is 5.06. The fourth-order valence-electron chi connectivity index (χ4n) is 2.35. The molecule has 0 unspecified atom stereocenters. The van der Waals surface area contributed by atoms with Crippen molar-refractivity contribution in [2.24, 2.45) is 4.99 Å². The lowest BCUT2D eigenvalue weighted by molar-refractivity contribution is 0.207. The average molecular weight is 389 g/mol. The van der Waals surface area contributed by atoms with Gasteiger partial charge in [0.05, 0.1) is 13.2 Å². The minimum absolute atomic E-state index is 0. The first-order valence-corrected chi connectivity index (χ1v) is 6.94. The van der Waals surface area contributed by atoms with E-state index >= 15 is 0 Å². The van der Waals surface area contributed by atoms with Crippen LogP contribution in [0.1, 0.15) is 18.1 Å². The number of ether oxygens (including phenoxy) is 1. The van der Waals surface area contributed by atoms with Crippen LogP contribution >= 0.6 is 24.0 Å². The quantitative estimate of drug-likeness (QED) is 0.372. The summed E-state index contributed by atoms with van der Waals surface area (Å²) in [5.41, 5.74) is 2.87. The molecule has 0 fully saturated rings. The Morgan fingerprint density at radius 1 is 1.35 bits per heavy atom. The fraction of sp³-hybridized carbons (Fsp3) is 0.533. The first-order chi connectivity index (χ1) is 9.35. The van der Waals surface area contributed by atoms with Gasteiger partial charge in [0, 0.05) is 26.7 Å². The molecule has 1 heterocycles. The summed E-state index contributed by atoms with van der Waals surface area (Å²) >= 11 is 0. The zero-order valence-corrected chi connectivity index (χ0v) is 14.6. The van der Waals surface area contributed by atoms with E-state index in [0.717, 1.165) is 32.0 Å². The van der Waals surface area contributed by atoms with Crippen LogP contribution < -0.4 is 5.32 Å². The molecule has 0 amide bonds. The van der Waals surface area contributed by atoms with Gasteiger partial charge in [-0.2, -0.15) is 0 Å². The van der Waals surface area contributed by atoms with E-state index in [2.05, 4.69) is 46.4 Å². The summed E-state index contributed by atoms with van der Waals surface area (Å²) in [6.45, 7) is 6.33. The van der Waals surface area contributed by atoms with Crippen molar-refractivity contribution < 1.29 is 4.74 Å². The molecule has 0 saturated heterocycles. The number of hydrogen-bond donors (Lipinski definition) is 1. The lowest BCUT2D eigenvalue weighted by Crippen LogP contribution is -2.44. The van der Waals surface area contributed by atoms with Crippen LogP contribution in [0.4, 0.5) is 0 Å². The summed E-state index contributed by atoms with van der Waals surface area (Å²) < 4.78 is 5.06. The highest BCUT2D eigenvalue weighted by atomic mass is 127. The van der Waals surface area contributed by atoms with E-state index in [1.807, 2.05) is 0 Å². The van der Waals surface area contributed by atoms with Crippen LogP contribution in [-0.4, -0.2) is 44.2 Å². The van der Waals surface area contributed by atoms with E-state index in [0.29, 0.717) is 13.2 Å². The van der Waals surface area contributed by atoms with Gasteiger partial charge in [-0.05, 0) is 24.5 Å². The van der Waals surface area contributed by atoms with Gasteiger partial charge in [0.2, 0.25) is 0 Å². The molecular weight excluding hydrogens is 365 g/mol. The molecule has 4 nitrogen and oxygen atoms in total. The van der Waals surface area contributed by atoms with E-state index in [4.69, 9.17) is 4.74 Å². The van der Waals surface area contributed by atoms with Crippen molar-refractivity contribution in [1.29, 1.82) is 0 Å². The molecule has 1 aliphatic heterocycles. The molecule has 2 rings (SSSR count). The number of fused-ring (bicyclic) bond motifs is 1. The Hall–Kier alpha value is -0.820. The minimum Gasteiger partial charge on any atom is -0.383 e. The van der Waals surface area contributed by atoms with Crippen molar-refractivity contribution in [2.75, 3.05) is 33.4 Å². The fourth-order valence-corrected chi connectivity index (χ4v) is 2.35. The van der Waals surface area contributed by atoms with Crippen LogP contribution in [-0.2, 0) is 17.7 Å². The van der Waals surface area contributed by atoms with E-state index in [9.17, 15) is 0 Å². The number of nitrogens with zero attached hydrogens (tertiary/aromatic N) is 2. The van der Waals surface area contributed by atoms with Crippen molar-refractivity contribution in [3.63, 3.8) is 0 Å². The van der Waals surface area contributed by atoms with Gasteiger partial charge in [-0.1, -0.05) is 24.3 Å². The predicted molar refractivity (Wildman–Crippen MR) is 93.8 cm³/mol. The lowest BCUT2D eigenvalue weighted by atomic mass is 10.0. The van der Waals surface area contributed by atoms with Gasteiger partial charge in [0.15, 0.2) is 5.96 Å². The monoisotopic (exact) mass is 389 g/mol. The normalized spacial score (nSPS) is 14.5. The third-order valence-electron chi connectivity index (χ3n) is 3.32. The molecule has 1 aromatic rings. The van der Waals surface area contributed by atoms with E-state index in [1.165, 1.54) is 11.1 Å². The summed E-state index contributed by atoms with van der Waals surface area (Å²) in [6, 6.07) is 8.66. The Balaban J connectivity index is 0.00000200. The van der Waals surface area contributed by atoms with Gasteiger partial charge >= 0.3 is 0 Å². The Morgan fingerprint density at radius 3 is 2.80 bits per heavy atom. The smallest absolute Gasteiger partial charge is 0.194 e. The first-order valence-electron chi connectivity index (χ1n) is 6.94. The summed E-state index contributed by atoms with van der Waals surface area (Å²) in [5.74, 6) is 0.994. The van der Waals surface area contributed by atoms with Crippen molar-refractivity contribution in [3.8, 4) is 0 Å². The molecule has 1 aliphatic rings. The number of benzene rings is 1. The summed E-state index contributed by atoms with van der Waals surface area (Å²) in [5, 5.41) is 3.36. The second kappa shape index (κ2) is 9.18. The van der Waals surface area contributed by atoms with Gasteiger partial charge < -0.3 is 15.0 Å². The van der Waals surface area contributed by atoms with Crippen LogP contribution in [0.25, 0.3) is 0 Å². The Bertz CT molecular complexity index is 437. The van der Waals surface area contributed by atoms with Gasteiger partial charge in [-0.3, -0.25) is 4.99 Å². The van der Waals surface area contributed by atoms with E-state index in [1.54, 1.807) is 7.11 Å². The summed E-state index contributed by atoms with van der Waals surface area (Å²) in [6.07, 6.45) is 1.09. The first kappa shape index (κ1) is 17.2. The summed E-state index contributed by atoms with van der Waals surface area (Å²) in [7, 11) is 1.71. The number of halogens is 1. The van der Waals surface area contributed by atoms with Crippen LogP contribution in [0.15, 0.2) is 29.3 Å². The standard InChI is InChI=1S/C15H23N3O.HI/c1-3-16-15(17-9-11-19-2)18-10-8-13-6-4-5-7-14(13)12-18;/h4-7H,3,8-12H2,1-2H3,(H,16,17);1H. The van der Waals surface area contributed by atoms with E-state index in [-0.39, 0.29) is 24.0 Å². The van der Waals surface area contributed by atoms with Crippen LogP contribution in [0.2, 0.25) is 0 Å². The molecule has 1 aromatic carbocycles. The van der Waals surface area contributed by atoms with Crippen molar-refractivity contribution in [3.05, 3.63) is 35.4 Å². The lowest BCUT2D eigenvalue weighted by Gasteiger charge is -2.31. The highest BCUT2D eigenvalue weighted by molar-refractivity contribution is 14.0. The van der Waals surface area contributed by atoms with Gasteiger partial charge in [-0.15, -0.1) is 24.0 Å². The molecule has 0 saturated carbocycles. The summed E-state index contributed by atoms with van der Waals surface area (Å²) in [4.78, 5) is 6.93. The van der Waals surface area contributed by atoms with E-state index < -0.39 is 0 Å². The van der Waals surface area contributed by atoms with Gasteiger partial charge in [-0.25, -0.2) is 0 Å². The molecule has 20 heavy (non-hydrogen) atoms. The number of nitrogens with one attached hydrogen (secondary N) is 1. The number of rotatable bonds is 4.